The molecular weight excluding hydrogens is 218 g/mol. The van der Waals surface area contributed by atoms with Gasteiger partial charge in [-0.2, -0.15) is 4.98 Å². The predicted molar refractivity (Wildman–Crippen MR) is 65.4 cm³/mol. The molecule has 94 valence electrons. The van der Waals surface area contributed by atoms with Crippen LogP contribution in [0, 0.1) is 12.8 Å². The molecule has 1 aromatic rings. The minimum atomic E-state index is -0.101. The van der Waals surface area contributed by atoms with Crippen LogP contribution in [0.1, 0.15) is 24.2 Å². The van der Waals surface area contributed by atoms with Crippen LogP contribution in [0.5, 0.6) is 5.88 Å². The fourth-order valence-corrected chi connectivity index (χ4v) is 2.22. The van der Waals surface area contributed by atoms with Gasteiger partial charge >= 0.3 is 0 Å². The number of aromatic nitrogens is 2. The van der Waals surface area contributed by atoms with Crippen LogP contribution >= 0.6 is 0 Å². The standard InChI is InChI=1S/C12H19N3O2/c1-8-11(16)14-10(15-12(8)17-2)6-9-4-3-5-13-7-9/h9,13H,3-7H2,1-2H3,(H,14,15,16). The molecule has 0 amide bonds. The third kappa shape index (κ3) is 2.85. The molecule has 0 spiro atoms. The smallest absolute Gasteiger partial charge is 0.257 e. The van der Waals surface area contributed by atoms with E-state index in [0.29, 0.717) is 17.4 Å². The van der Waals surface area contributed by atoms with Crippen LogP contribution in [0.2, 0.25) is 0 Å². The van der Waals surface area contributed by atoms with E-state index in [0.717, 1.165) is 25.3 Å². The maximum absolute atomic E-state index is 11.7. The van der Waals surface area contributed by atoms with Crippen LogP contribution in [-0.2, 0) is 6.42 Å². The number of nitrogens with one attached hydrogen (secondary N) is 2. The van der Waals surface area contributed by atoms with Crippen LogP contribution in [0.15, 0.2) is 4.79 Å². The number of hydrogen-bond donors (Lipinski definition) is 2. The summed E-state index contributed by atoms with van der Waals surface area (Å²) in [5.41, 5.74) is 0.439. The van der Waals surface area contributed by atoms with Gasteiger partial charge in [0.1, 0.15) is 5.82 Å². The van der Waals surface area contributed by atoms with Gasteiger partial charge < -0.3 is 15.0 Å². The second kappa shape index (κ2) is 5.31. The second-order valence-electron chi connectivity index (χ2n) is 4.56. The topological polar surface area (TPSA) is 67.0 Å². The number of rotatable bonds is 3. The lowest BCUT2D eigenvalue weighted by Gasteiger charge is -2.22. The van der Waals surface area contributed by atoms with Crippen molar-refractivity contribution in [1.29, 1.82) is 0 Å². The molecular formula is C12H19N3O2. The van der Waals surface area contributed by atoms with Crippen molar-refractivity contribution in [2.75, 3.05) is 20.2 Å². The Hall–Kier alpha value is -1.36. The van der Waals surface area contributed by atoms with E-state index in [9.17, 15) is 4.79 Å². The number of methoxy groups -OCH3 is 1. The van der Waals surface area contributed by atoms with Crippen LogP contribution in [0.25, 0.3) is 0 Å². The van der Waals surface area contributed by atoms with E-state index in [2.05, 4.69) is 15.3 Å². The Morgan fingerprint density at radius 1 is 1.53 bits per heavy atom. The summed E-state index contributed by atoms with van der Waals surface area (Å²) in [6.07, 6.45) is 3.18. The zero-order valence-corrected chi connectivity index (χ0v) is 10.4. The van der Waals surface area contributed by atoms with Gasteiger partial charge in [0.25, 0.3) is 5.56 Å². The minimum absolute atomic E-state index is 0.101. The fraction of sp³-hybridized carbons (Fsp3) is 0.667. The molecule has 1 atom stereocenters. The second-order valence-corrected chi connectivity index (χ2v) is 4.56. The highest BCUT2D eigenvalue weighted by Crippen LogP contribution is 2.16. The van der Waals surface area contributed by atoms with Crippen molar-refractivity contribution in [3.8, 4) is 5.88 Å². The van der Waals surface area contributed by atoms with E-state index >= 15 is 0 Å². The first-order valence-corrected chi connectivity index (χ1v) is 6.05. The third-order valence-electron chi connectivity index (χ3n) is 3.23. The Morgan fingerprint density at radius 2 is 2.35 bits per heavy atom. The number of piperidine rings is 1. The van der Waals surface area contributed by atoms with Crippen LogP contribution in [-0.4, -0.2) is 30.2 Å². The van der Waals surface area contributed by atoms with Gasteiger partial charge in [-0.1, -0.05) is 0 Å². The first kappa shape index (κ1) is 12.1. The first-order chi connectivity index (χ1) is 8.20. The Kier molecular flexibility index (Phi) is 3.78. The summed E-state index contributed by atoms with van der Waals surface area (Å²) in [6.45, 7) is 3.81. The molecule has 0 bridgehead atoms. The lowest BCUT2D eigenvalue weighted by molar-refractivity contribution is 0.361. The molecule has 2 N–H and O–H groups in total. The molecule has 0 radical (unpaired) electrons. The lowest BCUT2D eigenvalue weighted by atomic mass is 9.96. The van der Waals surface area contributed by atoms with Gasteiger partial charge in [-0.25, -0.2) is 0 Å². The van der Waals surface area contributed by atoms with E-state index < -0.39 is 0 Å². The molecule has 1 saturated heterocycles. The summed E-state index contributed by atoms with van der Waals surface area (Å²) in [7, 11) is 1.54. The zero-order valence-electron chi connectivity index (χ0n) is 10.4. The molecule has 0 saturated carbocycles. The van der Waals surface area contributed by atoms with Crippen LogP contribution in [0.4, 0.5) is 0 Å². The van der Waals surface area contributed by atoms with E-state index in [1.54, 1.807) is 14.0 Å². The highest BCUT2D eigenvalue weighted by Gasteiger charge is 2.16. The van der Waals surface area contributed by atoms with Crippen LogP contribution in [0.3, 0.4) is 0 Å². The average Bonchev–Trinajstić information content (AvgIpc) is 2.35. The molecule has 5 nitrogen and oxygen atoms in total. The number of H-pyrrole nitrogens is 1. The summed E-state index contributed by atoms with van der Waals surface area (Å²) < 4.78 is 5.11. The van der Waals surface area contributed by atoms with Crippen molar-refractivity contribution in [2.24, 2.45) is 5.92 Å². The number of aromatic amines is 1. The van der Waals surface area contributed by atoms with Gasteiger partial charge in [-0.15, -0.1) is 0 Å². The Morgan fingerprint density at radius 3 is 3.00 bits per heavy atom. The SMILES string of the molecule is COc1nc(CC2CCCNC2)[nH]c(=O)c1C. The van der Waals surface area contributed by atoms with Crippen LogP contribution < -0.4 is 15.6 Å². The fourth-order valence-electron chi connectivity index (χ4n) is 2.22. The van der Waals surface area contributed by atoms with Gasteiger partial charge in [-0.05, 0) is 38.8 Å². The van der Waals surface area contributed by atoms with Gasteiger partial charge in [0.15, 0.2) is 0 Å². The third-order valence-corrected chi connectivity index (χ3v) is 3.23. The first-order valence-electron chi connectivity index (χ1n) is 6.05. The van der Waals surface area contributed by atoms with E-state index in [-0.39, 0.29) is 5.56 Å². The van der Waals surface area contributed by atoms with Gasteiger partial charge in [0.05, 0.1) is 12.7 Å². The maximum atomic E-state index is 11.7. The molecule has 17 heavy (non-hydrogen) atoms. The molecule has 2 heterocycles. The minimum Gasteiger partial charge on any atom is -0.481 e. The highest BCUT2D eigenvalue weighted by molar-refractivity contribution is 5.22. The molecule has 1 fully saturated rings. The molecule has 0 aliphatic carbocycles. The monoisotopic (exact) mass is 237 g/mol. The van der Waals surface area contributed by atoms with Crippen molar-refractivity contribution in [3.63, 3.8) is 0 Å². The van der Waals surface area contributed by atoms with E-state index in [1.807, 2.05) is 0 Å². The van der Waals surface area contributed by atoms with Crippen molar-refractivity contribution >= 4 is 0 Å². The molecule has 2 rings (SSSR count). The van der Waals surface area contributed by atoms with E-state index in [1.165, 1.54) is 12.8 Å². The Labute approximate surface area is 101 Å². The summed E-state index contributed by atoms with van der Waals surface area (Å²) in [6, 6.07) is 0. The average molecular weight is 237 g/mol. The number of nitrogens with zero attached hydrogens (tertiary/aromatic N) is 1. The Bertz CT molecular complexity index is 436. The zero-order chi connectivity index (χ0) is 12.3. The normalized spacial score (nSPS) is 20.2. The molecule has 1 unspecified atom stereocenters. The van der Waals surface area contributed by atoms with Crippen molar-refractivity contribution in [3.05, 3.63) is 21.7 Å². The highest BCUT2D eigenvalue weighted by atomic mass is 16.5. The molecule has 1 aliphatic heterocycles. The quantitative estimate of drug-likeness (QED) is 0.809. The van der Waals surface area contributed by atoms with Crippen molar-refractivity contribution < 1.29 is 4.74 Å². The maximum Gasteiger partial charge on any atom is 0.257 e. The van der Waals surface area contributed by atoms with Gasteiger partial charge in [0, 0.05) is 6.42 Å². The van der Waals surface area contributed by atoms with Gasteiger partial charge in [-0.3, -0.25) is 4.79 Å². The van der Waals surface area contributed by atoms with Gasteiger partial charge in [0.2, 0.25) is 5.88 Å². The molecule has 5 heteroatoms. The summed E-state index contributed by atoms with van der Waals surface area (Å²) in [5.74, 6) is 1.72. The largest absolute Gasteiger partial charge is 0.481 e. The summed E-state index contributed by atoms with van der Waals surface area (Å²) in [4.78, 5) is 18.8. The summed E-state index contributed by atoms with van der Waals surface area (Å²) in [5, 5.41) is 3.36. The molecule has 1 aromatic heterocycles. The lowest BCUT2D eigenvalue weighted by Crippen LogP contribution is -2.31. The van der Waals surface area contributed by atoms with E-state index in [4.69, 9.17) is 4.74 Å². The predicted octanol–water partition coefficient (Wildman–Crippen LogP) is 0.629. The number of hydrogen-bond acceptors (Lipinski definition) is 4. The number of ether oxygens (including phenoxy) is 1. The van der Waals surface area contributed by atoms with Crippen molar-refractivity contribution in [1.82, 2.24) is 15.3 Å². The Balaban J connectivity index is 2.15. The molecule has 0 aromatic carbocycles. The van der Waals surface area contributed by atoms with Crippen molar-refractivity contribution in [2.45, 2.75) is 26.2 Å². The summed E-state index contributed by atoms with van der Waals surface area (Å²) >= 11 is 0. The molecule has 1 aliphatic rings.